The highest BCUT2D eigenvalue weighted by Gasteiger charge is 2.17. The average molecular weight is 252 g/mol. The van der Waals surface area contributed by atoms with Gasteiger partial charge in [-0.05, 0) is 31.9 Å². The third-order valence-electron chi connectivity index (χ3n) is 2.97. The van der Waals surface area contributed by atoms with Crippen molar-refractivity contribution >= 4 is 11.6 Å². The van der Waals surface area contributed by atoms with Gasteiger partial charge in [-0.25, -0.2) is 4.39 Å². The Balaban J connectivity index is 2.95. The zero-order chi connectivity index (χ0) is 13.7. The van der Waals surface area contributed by atoms with Crippen LogP contribution < -0.4 is 10.6 Å². The second-order valence-electron chi connectivity index (χ2n) is 4.70. The predicted molar refractivity (Wildman–Crippen MR) is 72.3 cm³/mol. The van der Waals surface area contributed by atoms with Crippen LogP contribution in [0.1, 0.15) is 38.1 Å². The van der Waals surface area contributed by atoms with Crippen LogP contribution in [0.3, 0.4) is 0 Å². The number of carbonyl (C=O) groups excluding carboxylic acids is 1. The van der Waals surface area contributed by atoms with Gasteiger partial charge in [0.2, 0.25) is 0 Å². The first-order valence-corrected chi connectivity index (χ1v) is 6.30. The van der Waals surface area contributed by atoms with Crippen LogP contribution in [0.2, 0.25) is 0 Å². The summed E-state index contributed by atoms with van der Waals surface area (Å²) in [5.41, 5.74) is 0.623. The van der Waals surface area contributed by atoms with Crippen LogP contribution in [0.25, 0.3) is 0 Å². The zero-order valence-corrected chi connectivity index (χ0v) is 11.4. The number of para-hydroxylation sites is 1. The van der Waals surface area contributed by atoms with Gasteiger partial charge in [-0.3, -0.25) is 4.79 Å². The topological polar surface area (TPSA) is 41.1 Å². The number of hydrogen-bond acceptors (Lipinski definition) is 2. The summed E-state index contributed by atoms with van der Waals surface area (Å²) >= 11 is 0. The highest BCUT2D eigenvalue weighted by atomic mass is 19.1. The van der Waals surface area contributed by atoms with E-state index in [0.29, 0.717) is 18.0 Å². The van der Waals surface area contributed by atoms with Crippen LogP contribution >= 0.6 is 0 Å². The Morgan fingerprint density at radius 1 is 1.33 bits per heavy atom. The summed E-state index contributed by atoms with van der Waals surface area (Å²) in [6.07, 6.45) is 0. The van der Waals surface area contributed by atoms with Crippen molar-refractivity contribution in [3.05, 3.63) is 29.6 Å². The molecule has 0 bridgehead atoms. The Kier molecular flexibility index (Phi) is 5.13. The maximum atomic E-state index is 13.7. The van der Waals surface area contributed by atoms with Crippen molar-refractivity contribution in [2.24, 2.45) is 5.92 Å². The summed E-state index contributed by atoms with van der Waals surface area (Å²) in [5.74, 6) is -0.307. The number of nitrogens with one attached hydrogen (secondary N) is 2. The third-order valence-corrected chi connectivity index (χ3v) is 2.97. The zero-order valence-electron chi connectivity index (χ0n) is 11.4. The van der Waals surface area contributed by atoms with E-state index in [1.54, 1.807) is 12.1 Å². The van der Waals surface area contributed by atoms with Crippen molar-refractivity contribution in [1.29, 1.82) is 0 Å². The lowest BCUT2D eigenvalue weighted by molar-refractivity contribution is 0.0931. The summed E-state index contributed by atoms with van der Waals surface area (Å²) in [4.78, 5) is 12.1. The average Bonchev–Trinajstić information content (AvgIpc) is 2.31. The van der Waals surface area contributed by atoms with Crippen LogP contribution in [0, 0.1) is 11.7 Å². The minimum Gasteiger partial charge on any atom is -0.382 e. The molecule has 1 aromatic carbocycles. The molecule has 0 spiro atoms. The smallest absolute Gasteiger partial charge is 0.253 e. The molecule has 0 saturated heterocycles. The molecule has 18 heavy (non-hydrogen) atoms. The van der Waals surface area contributed by atoms with E-state index in [9.17, 15) is 9.18 Å². The van der Waals surface area contributed by atoms with Crippen LogP contribution in [0.5, 0.6) is 0 Å². The van der Waals surface area contributed by atoms with Crippen LogP contribution in [-0.2, 0) is 0 Å². The molecule has 0 aliphatic carbocycles. The van der Waals surface area contributed by atoms with Crippen molar-refractivity contribution in [1.82, 2.24) is 5.32 Å². The fraction of sp³-hybridized carbons (Fsp3) is 0.500. The van der Waals surface area contributed by atoms with E-state index in [2.05, 4.69) is 10.6 Å². The molecule has 0 aliphatic rings. The SMILES string of the molecule is CCNc1c(F)cccc1C(=O)NC(C)C(C)C. The highest BCUT2D eigenvalue weighted by molar-refractivity contribution is 5.99. The number of benzene rings is 1. The van der Waals surface area contributed by atoms with E-state index in [4.69, 9.17) is 0 Å². The molecule has 1 aromatic rings. The molecule has 3 nitrogen and oxygen atoms in total. The number of anilines is 1. The first kappa shape index (κ1) is 14.5. The summed E-state index contributed by atoms with van der Waals surface area (Å²) in [7, 11) is 0. The Labute approximate surface area is 108 Å². The van der Waals surface area contributed by atoms with Crippen LogP contribution in [0.4, 0.5) is 10.1 Å². The normalized spacial score (nSPS) is 12.3. The molecule has 0 heterocycles. The summed E-state index contributed by atoms with van der Waals surface area (Å²) in [6.45, 7) is 8.43. The van der Waals surface area contributed by atoms with E-state index in [1.807, 2.05) is 27.7 Å². The maximum absolute atomic E-state index is 13.7. The Morgan fingerprint density at radius 2 is 2.00 bits per heavy atom. The lowest BCUT2D eigenvalue weighted by atomic mass is 10.1. The van der Waals surface area contributed by atoms with Gasteiger partial charge in [0, 0.05) is 12.6 Å². The molecule has 0 aromatic heterocycles. The molecule has 0 saturated carbocycles. The highest BCUT2D eigenvalue weighted by Crippen LogP contribution is 2.20. The molecule has 0 radical (unpaired) electrons. The number of rotatable bonds is 5. The van der Waals surface area contributed by atoms with E-state index < -0.39 is 5.82 Å². The number of carbonyl (C=O) groups is 1. The van der Waals surface area contributed by atoms with Gasteiger partial charge in [0.05, 0.1) is 11.3 Å². The van der Waals surface area contributed by atoms with Crippen molar-refractivity contribution < 1.29 is 9.18 Å². The van der Waals surface area contributed by atoms with Gasteiger partial charge in [0.15, 0.2) is 0 Å². The molecule has 100 valence electrons. The molecule has 1 amide bonds. The lowest BCUT2D eigenvalue weighted by Gasteiger charge is -2.19. The second kappa shape index (κ2) is 6.38. The molecule has 0 aliphatic heterocycles. The first-order chi connectivity index (χ1) is 8.47. The lowest BCUT2D eigenvalue weighted by Crippen LogP contribution is -2.36. The minimum atomic E-state index is -0.401. The Bertz CT molecular complexity index is 418. The number of amides is 1. The monoisotopic (exact) mass is 252 g/mol. The van der Waals surface area contributed by atoms with E-state index >= 15 is 0 Å². The number of halogens is 1. The van der Waals surface area contributed by atoms with Gasteiger partial charge < -0.3 is 10.6 Å². The molecule has 4 heteroatoms. The third kappa shape index (κ3) is 3.45. The molecular formula is C14H21FN2O. The quantitative estimate of drug-likeness (QED) is 0.845. The molecular weight excluding hydrogens is 231 g/mol. The van der Waals surface area contributed by atoms with Crippen molar-refractivity contribution in [3.63, 3.8) is 0 Å². The first-order valence-electron chi connectivity index (χ1n) is 6.30. The number of hydrogen-bond donors (Lipinski definition) is 2. The molecule has 1 unspecified atom stereocenters. The molecule has 0 fully saturated rings. The van der Waals surface area contributed by atoms with E-state index in [-0.39, 0.29) is 17.6 Å². The Hall–Kier alpha value is -1.58. The molecule has 1 atom stereocenters. The van der Waals surface area contributed by atoms with Gasteiger partial charge >= 0.3 is 0 Å². The maximum Gasteiger partial charge on any atom is 0.253 e. The van der Waals surface area contributed by atoms with E-state index in [0.717, 1.165) is 0 Å². The predicted octanol–water partition coefficient (Wildman–Crippen LogP) is 3.03. The van der Waals surface area contributed by atoms with E-state index in [1.165, 1.54) is 6.07 Å². The van der Waals surface area contributed by atoms with Crippen molar-refractivity contribution in [2.45, 2.75) is 33.7 Å². The Morgan fingerprint density at radius 3 is 2.56 bits per heavy atom. The van der Waals surface area contributed by atoms with Gasteiger partial charge in [0.25, 0.3) is 5.91 Å². The van der Waals surface area contributed by atoms with Crippen molar-refractivity contribution in [3.8, 4) is 0 Å². The summed E-state index contributed by atoms with van der Waals surface area (Å²) in [5, 5.41) is 5.77. The minimum absolute atomic E-state index is 0.0512. The van der Waals surface area contributed by atoms with Gasteiger partial charge in [0.1, 0.15) is 5.82 Å². The standard InChI is InChI=1S/C14H21FN2O/c1-5-16-13-11(7-6-8-12(13)15)14(18)17-10(4)9(2)3/h6-10,16H,5H2,1-4H3,(H,17,18). The van der Waals surface area contributed by atoms with Crippen LogP contribution in [-0.4, -0.2) is 18.5 Å². The largest absolute Gasteiger partial charge is 0.382 e. The fourth-order valence-electron chi connectivity index (χ4n) is 1.52. The molecule has 1 rings (SSSR count). The van der Waals surface area contributed by atoms with Crippen LogP contribution in [0.15, 0.2) is 18.2 Å². The van der Waals surface area contributed by atoms with Gasteiger partial charge in [-0.15, -0.1) is 0 Å². The summed E-state index contributed by atoms with van der Waals surface area (Å²) in [6, 6.07) is 4.57. The molecule has 2 N–H and O–H groups in total. The second-order valence-corrected chi connectivity index (χ2v) is 4.70. The van der Waals surface area contributed by atoms with Crippen molar-refractivity contribution in [2.75, 3.05) is 11.9 Å². The fourth-order valence-corrected chi connectivity index (χ4v) is 1.52. The van der Waals surface area contributed by atoms with Gasteiger partial charge in [-0.2, -0.15) is 0 Å². The van der Waals surface area contributed by atoms with Gasteiger partial charge in [-0.1, -0.05) is 19.9 Å². The summed E-state index contributed by atoms with van der Waals surface area (Å²) < 4.78 is 13.7.